The summed E-state index contributed by atoms with van der Waals surface area (Å²) in [4.78, 5) is 0. The first-order valence-electron chi connectivity index (χ1n) is 5.98. The summed E-state index contributed by atoms with van der Waals surface area (Å²) in [7, 11) is 2.01. The highest BCUT2D eigenvalue weighted by Crippen LogP contribution is 2.22. The molecule has 96 valence electrons. The van der Waals surface area contributed by atoms with E-state index in [2.05, 4.69) is 22.4 Å². The van der Waals surface area contributed by atoms with Gasteiger partial charge in [0.2, 0.25) is 6.33 Å². The van der Waals surface area contributed by atoms with Crippen molar-refractivity contribution in [2.24, 2.45) is 7.05 Å². The van der Waals surface area contributed by atoms with E-state index in [4.69, 9.17) is 5.73 Å². The van der Waals surface area contributed by atoms with Gasteiger partial charge in [0.1, 0.15) is 18.1 Å². The number of anilines is 2. The van der Waals surface area contributed by atoms with Crippen molar-refractivity contribution in [3.8, 4) is 5.75 Å². The van der Waals surface area contributed by atoms with Gasteiger partial charge >= 0.3 is 0 Å². The maximum absolute atomic E-state index is 9.25. The Labute approximate surface area is 106 Å². The molecule has 0 saturated heterocycles. The highest BCUT2D eigenvalue weighted by Gasteiger charge is 2.01. The third kappa shape index (κ3) is 3.16. The van der Waals surface area contributed by atoms with Crippen LogP contribution in [0, 0.1) is 0 Å². The predicted octanol–water partition coefficient (Wildman–Crippen LogP) is 1.10. The van der Waals surface area contributed by atoms with Gasteiger partial charge in [0.25, 0.3) is 0 Å². The molecule has 0 saturated carbocycles. The van der Waals surface area contributed by atoms with Crippen LogP contribution in [0.25, 0.3) is 0 Å². The molecule has 5 heteroatoms. The molecule has 1 aromatic heterocycles. The number of rotatable bonds is 5. The molecule has 0 spiro atoms. The number of phenols is 1. The number of hydrogen-bond donors (Lipinski definition) is 3. The third-order valence-electron chi connectivity index (χ3n) is 2.77. The summed E-state index contributed by atoms with van der Waals surface area (Å²) in [6.07, 6.45) is 7.13. The molecule has 0 aliphatic rings. The number of nitrogen functional groups attached to an aromatic ring is 1. The van der Waals surface area contributed by atoms with Crippen LogP contribution < -0.4 is 15.6 Å². The van der Waals surface area contributed by atoms with Crippen molar-refractivity contribution in [1.82, 2.24) is 4.57 Å². The summed E-state index contributed by atoms with van der Waals surface area (Å²) in [5.74, 6) is 0.192. The lowest BCUT2D eigenvalue weighted by molar-refractivity contribution is -0.671. The lowest BCUT2D eigenvalue weighted by Crippen LogP contribution is -2.23. The van der Waals surface area contributed by atoms with Gasteiger partial charge in [-0.3, -0.25) is 0 Å². The number of imidazole rings is 1. The zero-order valence-corrected chi connectivity index (χ0v) is 10.5. The van der Waals surface area contributed by atoms with Gasteiger partial charge in [-0.2, -0.15) is 0 Å². The van der Waals surface area contributed by atoms with Crippen molar-refractivity contribution in [3.63, 3.8) is 0 Å². The zero-order valence-electron chi connectivity index (χ0n) is 10.5. The van der Waals surface area contributed by atoms with Crippen LogP contribution >= 0.6 is 0 Å². The number of nitrogens with two attached hydrogens (primary N) is 1. The molecule has 0 radical (unpaired) electrons. The van der Waals surface area contributed by atoms with Gasteiger partial charge in [-0.15, -0.1) is 0 Å². The van der Waals surface area contributed by atoms with Crippen LogP contribution in [-0.2, 0) is 13.6 Å². The summed E-state index contributed by atoms with van der Waals surface area (Å²) in [6, 6.07) is 4.97. The highest BCUT2D eigenvalue weighted by molar-refractivity contribution is 5.67. The van der Waals surface area contributed by atoms with Crippen molar-refractivity contribution >= 4 is 11.4 Å². The van der Waals surface area contributed by atoms with E-state index in [-0.39, 0.29) is 5.75 Å². The van der Waals surface area contributed by atoms with Crippen LogP contribution in [-0.4, -0.2) is 16.2 Å². The molecule has 0 amide bonds. The summed E-state index contributed by atoms with van der Waals surface area (Å²) in [5, 5.41) is 12.5. The molecular weight excluding hydrogens is 228 g/mol. The van der Waals surface area contributed by atoms with E-state index in [1.807, 2.05) is 17.8 Å². The van der Waals surface area contributed by atoms with E-state index < -0.39 is 0 Å². The standard InChI is InChI=1S/C13H18N4O/c1-16-7-8-17(10-16)6-2-5-15-13-4-3-11(18)9-12(13)14/h3-4,7-10,15H,2,5-6,14H2,1H3/p+1. The number of aromatic nitrogens is 2. The Morgan fingerprint density at radius 3 is 2.94 bits per heavy atom. The summed E-state index contributed by atoms with van der Waals surface area (Å²) in [5.41, 5.74) is 7.23. The Hall–Kier alpha value is -2.17. The first-order chi connectivity index (χ1) is 8.65. The molecule has 5 nitrogen and oxygen atoms in total. The second-order valence-electron chi connectivity index (χ2n) is 4.37. The van der Waals surface area contributed by atoms with Gasteiger partial charge in [-0.25, -0.2) is 9.13 Å². The molecule has 1 heterocycles. The minimum Gasteiger partial charge on any atom is -0.508 e. The lowest BCUT2D eigenvalue weighted by Gasteiger charge is -2.08. The maximum atomic E-state index is 9.25. The van der Waals surface area contributed by atoms with Crippen molar-refractivity contribution in [2.45, 2.75) is 13.0 Å². The number of hydrogen-bond acceptors (Lipinski definition) is 3. The van der Waals surface area contributed by atoms with Crippen molar-refractivity contribution < 1.29 is 9.67 Å². The maximum Gasteiger partial charge on any atom is 0.243 e. The quantitative estimate of drug-likeness (QED) is 0.321. The molecule has 1 aromatic carbocycles. The minimum atomic E-state index is 0.192. The smallest absolute Gasteiger partial charge is 0.243 e. The normalized spacial score (nSPS) is 10.5. The first-order valence-corrected chi connectivity index (χ1v) is 5.98. The van der Waals surface area contributed by atoms with Crippen LogP contribution in [0.2, 0.25) is 0 Å². The second-order valence-corrected chi connectivity index (χ2v) is 4.37. The Kier molecular flexibility index (Phi) is 3.72. The molecular formula is C13H19N4O+. The van der Waals surface area contributed by atoms with E-state index in [9.17, 15) is 5.11 Å². The Morgan fingerprint density at radius 1 is 1.44 bits per heavy atom. The molecule has 0 unspecified atom stereocenters. The van der Waals surface area contributed by atoms with E-state index in [1.165, 1.54) is 0 Å². The molecule has 0 aliphatic heterocycles. The SMILES string of the molecule is C[n+]1ccn(CCCNc2ccc(O)cc2N)c1. The van der Waals surface area contributed by atoms with Crippen molar-refractivity contribution in [2.75, 3.05) is 17.6 Å². The predicted molar refractivity (Wildman–Crippen MR) is 71.2 cm³/mol. The van der Waals surface area contributed by atoms with Gasteiger partial charge in [0.05, 0.1) is 25.0 Å². The Morgan fingerprint density at radius 2 is 2.28 bits per heavy atom. The van der Waals surface area contributed by atoms with E-state index >= 15 is 0 Å². The summed E-state index contributed by atoms with van der Waals surface area (Å²) < 4.78 is 4.16. The van der Waals surface area contributed by atoms with Gasteiger partial charge in [-0.1, -0.05) is 0 Å². The highest BCUT2D eigenvalue weighted by atomic mass is 16.3. The molecule has 18 heavy (non-hydrogen) atoms. The van der Waals surface area contributed by atoms with Gasteiger partial charge in [0.15, 0.2) is 0 Å². The van der Waals surface area contributed by atoms with Crippen LogP contribution in [0.4, 0.5) is 11.4 Å². The fourth-order valence-electron chi connectivity index (χ4n) is 1.83. The molecule has 0 fully saturated rings. The van der Waals surface area contributed by atoms with Gasteiger partial charge in [0, 0.05) is 19.0 Å². The van der Waals surface area contributed by atoms with Crippen molar-refractivity contribution in [3.05, 3.63) is 36.9 Å². The minimum absolute atomic E-state index is 0.192. The number of nitrogens with zero attached hydrogens (tertiary/aromatic N) is 2. The first kappa shape index (κ1) is 12.3. The number of aromatic hydroxyl groups is 1. The van der Waals surface area contributed by atoms with Crippen LogP contribution in [0.3, 0.4) is 0 Å². The third-order valence-corrected chi connectivity index (χ3v) is 2.77. The summed E-state index contributed by atoms with van der Waals surface area (Å²) >= 11 is 0. The van der Waals surface area contributed by atoms with Crippen molar-refractivity contribution in [1.29, 1.82) is 0 Å². The molecule has 2 rings (SSSR count). The average Bonchev–Trinajstić information content (AvgIpc) is 2.73. The molecule has 0 atom stereocenters. The van der Waals surface area contributed by atoms with Gasteiger partial charge in [-0.05, 0) is 12.1 Å². The summed E-state index contributed by atoms with van der Waals surface area (Å²) in [6.45, 7) is 1.81. The van der Waals surface area contributed by atoms with Crippen LogP contribution in [0.5, 0.6) is 5.75 Å². The number of nitrogens with one attached hydrogen (secondary N) is 1. The van der Waals surface area contributed by atoms with Crippen LogP contribution in [0.1, 0.15) is 6.42 Å². The van der Waals surface area contributed by atoms with E-state index in [0.29, 0.717) is 5.69 Å². The Bertz CT molecular complexity index is 521. The second kappa shape index (κ2) is 5.44. The zero-order chi connectivity index (χ0) is 13.0. The molecule has 2 aromatic rings. The average molecular weight is 247 g/mol. The van der Waals surface area contributed by atoms with E-state index in [0.717, 1.165) is 25.2 Å². The monoisotopic (exact) mass is 247 g/mol. The van der Waals surface area contributed by atoms with E-state index in [1.54, 1.807) is 18.2 Å². The Balaban J connectivity index is 1.78. The topological polar surface area (TPSA) is 67.1 Å². The largest absolute Gasteiger partial charge is 0.508 e. The number of benzene rings is 1. The van der Waals surface area contributed by atoms with Crippen LogP contribution in [0.15, 0.2) is 36.9 Å². The molecule has 0 bridgehead atoms. The fourth-order valence-corrected chi connectivity index (χ4v) is 1.83. The molecule has 4 N–H and O–H groups in total. The number of phenolic OH excluding ortho intramolecular Hbond substituents is 1. The number of aryl methyl sites for hydroxylation is 2. The lowest BCUT2D eigenvalue weighted by atomic mass is 10.2. The fraction of sp³-hybridized carbons (Fsp3) is 0.308. The van der Waals surface area contributed by atoms with Gasteiger partial charge < -0.3 is 16.2 Å². The molecule has 0 aliphatic carbocycles.